The van der Waals surface area contributed by atoms with Crippen LogP contribution in [0.1, 0.15) is 12.5 Å². The Morgan fingerprint density at radius 3 is 2.65 bits per heavy atom. The van der Waals surface area contributed by atoms with Crippen molar-refractivity contribution in [3.05, 3.63) is 47.2 Å². The highest BCUT2D eigenvalue weighted by Gasteiger charge is 2.24. The van der Waals surface area contributed by atoms with Gasteiger partial charge in [-0.1, -0.05) is 18.2 Å². The van der Waals surface area contributed by atoms with Crippen LogP contribution in [0.4, 0.5) is 0 Å². The van der Waals surface area contributed by atoms with E-state index in [4.69, 9.17) is 20.0 Å². The number of esters is 1. The Labute approximate surface area is 116 Å². The zero-order valence-electron chi connectivity index (χ0n) is 10.7. The highest BCUT2D eigenvalue weighted by atomic mass is 16.6. The first kappa shape index (κ1) is 13.4. The van der Waals surface area contributed by atoms with Gasteiger partial charge in [0.15, 0.2) is 0 Å². The SMILES string of the molecule is CCOC(=O)C1=CC(=C(C#N)C#N)c2ccccc2O1. The second-order valence-electron chi connectivity index (χ2n) is 3.84. The van der Waals surface area contributed by atoms with Crippen molar-refractivity contribution in [2.45, 2.75) is 6.92 Å². The fraction of sp³-hybridized carbons (Fsp3) is 0.133. The third-order valence-corrected chi connectivity index (χ3v) is 2.64. The number of fused-ring (bicyclic) bond motifs is 1. The topological polar surface area (TPSA) is 83.1 Å². The molecule has 98 valence electrons. The van der Waals surface area contributed by atoms with E-state index >= 15 is 0 Å². The third kappa shape index (κ3) is 2.38. The molecule has 20 heavy (non-hydrogen) atoms. The molecule has 0 bridgehead atoms. The van der Waals surface area contributed by atoms with Gasteiger partial charge in [-0.05, 0) is 19.1 Å². The fourth-order valence-corrected chi connectivity index (χ4v) is 1.79. The molecule has 1 aromatic rings. The molecular weight excluding hydrogens is 256 g/mol. The van der Waals surface area contributed by atoms with Gasteiger partial charge in [0, 0.05) is 11.1 Å². The van der Waals surface area contributed by atoms with Crippen LogP contribution in [0, 0.1) is 22.7 Å². The summed E-state index contributed by atoms with van der Waals surface area (Å²) in [5, 5.41) is 18.0. The van der Waals surface area contributed by atoms with Crippen molar-refractivity contribution in [1.29, 1.82) is 10.5 Å². The lowest BCUT2D eigenvalue weighted by molar-refractivity contribution is -0.141. The van der Waals surface area contributed by atoms with Crippen molar-refractivity contribution in [2.24, 2.45) is 0 Å². The Bertz CT molecular complexity index is 687. The van der Waals surface area contributed by atoms with E-state index < -0.39 is 5.97 Å². The Hall–Kier alpha value is -3.05. The van der Waals surface area contributed by atoms with E-state index in [9.17, 15) is 4.79 Å². The first-order valence-corrected chi connectivity index (χ1v) is 5.91. The number of nitriles is 2. The second kappa shape index (κ2) is 5.73. The van der Waals surface area contributed by atoms with Gasteiger partial charge in [0.1, 0.15) is 23.5 Å². The molecule has 1 aliphatic heterocycles. The molecule has 0 unspecified atom stereocenters. The number of nitrogens with zero attached hydrogens (tertiary/aromatic N) is 2. The van der Waals surface area contributed by atoms with E-state index in [-0.39, 0.29) is 17.9 Å². The van der Waals surface area contributed by atoms with Crippen molar-refractivity contribution in [1.82, 2.24) is 0 Å². The van der Waals surface area contributed by atoms with Gasteiger partial charge in [-0.2, -0.15) is 10.5 Å². The molecule has 0 amide bonds. The van der Waals surface area contributed by atoms with Gasteiger partial charge < -0.3 is 9.47 Å². The summed E-state index contributed by atoms with van der Waals surface area (Å²) in [7, 11) is 0. The Morgan fingerprint density at radius 2 is 2.00 bits per heavy atom. The zero-order chi connectivity index (χ0) is 14.5. The monoisotopic (exact) mass is 266 g/mol. The van der Waals surface area contributed by atoms with Crippen LogP contribution in [0.15, 0.2) is 41.7 Å². The Morgan fingerprint density at radius 1 is 1.30 bits per heavy atom. The van der Waals surface area contributed by atoms with Gasteiger partial charge in [0.05, 0.1) is 6.61 Å². The van der Waals surface area contributed by atoms with Crippen molar-refractivity contribution in [3.8, 4) is 17.9 Å². The summed E-state index contributed by atoms with van der Waals surface area (Å²) in [4.78, 5) is 11.7. The maximum Gasteiger partial charge on any atom is 0.374 e. The van der Waals surface area contributed by atoms with E-state index in [1.54, 1.807) is 31.2 Å². The van der Waals surface area contributed by atoms with Gasteiger partial charge in [-0.15, -0.1) is 0 Å². The Kier molecular flexibility index (Phi) is 3.83. The average Bonchev–Trinajstić information content (AvgIpc) is 2.48. The molecule has 0 aromatic heterocycles. The van der Waals surface area contributed by atoms with E-state index in [2.05, 4.69) is 0 Å². The molecule has 0 radical (unpaired) electrons. The summed E-state index contributed by atoms with van der Waals surface area (Å²) in [6.07, 6.45) is 1.36. The number of ether oxygens (including phenoxy) is 2. The number of carbonyl (C=O) groups is 1. The minimum atomic E-state index is -0.630. The van der Waals surface area contributed by atoms with Gasteiger partial charge in [0.2, 0.25) is 5.76 Å². The van der Waals surface area contributed by atoms with Gasteiger partial charge in [-0.3, -0.25) is 0 Å². The van der Waals surface area contributed by atoms with Gasteiger partial charge in [0.25, 0.3) is 0 Å². The summed E-state index contributed by atoms with van der Waals surface area (Å²) >= 11 is 0. The van der Waals surface area contributed by atoms with Crippen LogP contribution >= 0.6 is 0 Å². The van der Waals surface area contributed by atoms with Crippen LogP contribution < -0.4 is 4.74 Å². The lowest BCUT2D eigenvalue weighted by Gasteiger charge is -2.18. The summed E-state index contributed by atoms with van der Waals surface area (Å²) < 4.78 is 10.3. The van der Waals surface area contributed by atoms with Crippen LogP contribution in [-0.4, -0.2) is 12.6 Å². The molecule has 1 heterocycles. The van der Waals surface area contributed by atoms with Crippen molar-refractivity contribution in [3.63, 3.8) is 0 Å². The summed E-state index contributed by atoms with van der Waals surface area (Å²) in [5.74, 6) is -0.255. The van der Waals surface area contributed by atoms with Crippen molar-refractivity contribution >= 4 is 11.5 Å². The number of hydrogen-bond donors (Lipinski definition) is 0. The summed E-state index contributed by atoms with van der Waals surface area (Å²) in [5.41, 5.74) is 0.876. The normalized spacial score (nSPS) is 12.2. The molecule has 2 rings (SSSR count). The van der Waals surface area contributed by atoms with Crippen molar-refractivity contribution in [2.75, 3.05) is 6.61 Å². The molecule has 0 atom stereocenters. The molecule has 0 saturated carbocycles. The largest absolute Gasteiger partial charge is 0.460 e. The standard InChI is InChI=1S/C15H10N2O3/c1-2-19-15(18)14-7-12(10(8-16)9-17)11-5-3-4-6-13(11)20-14/h3-7H,2H2,1H3. The van der Waals surface area contributed by atoms with Crippen LogP contribution in [0.25, 0.3) is 5.57 Å². The molecule has 0 saturated heterocycles. The maximum atomic E-state index is 11.7. The number of hydrogen-bond acceptors (Lipinski definition) is 5. The molecule has 5 nitrogen and oxygen atoms in total. The van der Waals surface area contributed by atoms with E-state index in [1.807, 2.05) is 12.1 Å². The maximum absolute atomic E-state index is 11.7. The van der Waals surface area contributed by atoms with E-state index in [1.165, 1.54) is 6.08 Å². The van der Waals surface area contributed by atoms with E-state index in [0.717, 1.165) is 0 Å². The first-order chi connectivity index (χ1) is 9.71. The lowest BCUT2D eigenvalue weighted by Crippen LogP contribution is -2.16. The van der Waals surface area contributed by atoms with Crippen LogP contribution in [-0.2, 0) is 9.53 Å². The third-order valence-electron chi connectivity index (χ3n) is 2.64. The average molecular weight is 266 g/mol. The van der Waals surface area contributed by atoms with Gasteiger partial charge >= 0.3 is 5.97 Å². The smallest absolute Gasteiger partial charge is 0.374 e. The molecular formula is C15H10N2O3. The van der Waals surface area contributed by atoms with E-state index in [0.29, 0.717) is 16.9 Å². The minimum absolute atomic E-state index is 0.0384. The molecule has 1 aromatic carbocycles. The first-order valence-electron chi connectivity index (χ1n) is 5.91. The van der Waals surface area contributed by atoms with Crippen LogP contribution in [0.5, 0.6) is 5.75 Å². The molecule has 0 N–H and O–H groups in total. The Balaban J connectivity index is 2.59. The number of benzene rings is 1. The summed E-state index contributed by atoms with van der Waals surface area (Å²) in [6.45, 7) is 1.89. The highest BCUT2D eigenvalue weighted by molar-refractivity contribution is 5.96. The number of carbonyl (C=O) groups excluding carboxylic acids is 1. The van der Waals surface area contributed by atoms with Crippen LogP contribution in [0.3, 0.4) is 0 Å². The second-order valence-corrected chi connectivity index (χ2v) is 3.84. The predicted octanol–water partition coefficient (Wildman–Crippen LogP) is 2.33. The molecule has 0 spiro atoms. The predicted molar refractivity (Wildman–Crippen MR) is 69.9 cm³/mol. The molecule has 0 fully saturated rings. The quantitative estimate of drug-likeness (QED) is 0.606. The lowest BCUT2D eigenvalue weighted by atomic mass is 9.97. The highest BCUT2D eigenvalue weighted by Crippen LogP contribution is 2.35. The number of para-hydroxylation sites is 1. The van der Waals surface area contributed by atoms with Crippen molar-refractivity contribution < 1.29 is 14.3 Å². The fourth-order valence-electron chi connectivity index (χ4n) is 1.79. The number of allylic oxidation sites excluding steroid dienone is 3. The number of rotatable bonds is 2. The van der Waals surface area contributed by atoms with Crippen LogP contribution in [0.2, 0.25) is 0 Å². The summed E-state index contributed by atoms with van der Waals surface area (Å²) in [6, 6.07) is 10.5. The van der Waals surface area contributed by atoms with Gasteiger partial charge in [-0.25, -0.2) is 4.79 Å². The zero-order valence-corrected chi connectivity index (χ0v) is 10.7. The molecule has 5 heteroatoms. The molecule has 0 aliphatic carbocycles. The minimum Gasteiger partial charge on any atom is -0.460 e. The molecule has 1 aliphatic rings.